The molecule has 0 amide bonds. The highest BCUT2D eigenvalue weighted by molar-refractivity contribution is 5.00. The van der Waals surface area contributed by atoms with Crippen molar-refractivity contribution in [3.05, 3.63) is 0 Å². The standard InChI is InChI=1S/C17H31NO/c1-2-16(8-3-4-9-16)15(18)14-7-12-19-17(13-14)10-5-6-11-17/h14-15H,2-13,18H2,1H3. The lowest BCUT2D eigenvalue weighted by molar-refractivity contribution is -0.103. The molecule has 1 heterocycles. The fourth-order valence-electron chi connectivity index (χ4n) is 5.24. The van der Waals surface area contributed by atoms with Crippen molar-refractivity contribution in [2.24, 2.45) is 17.1 Å². The summed E-state index contributed by atoms with van der Waals surface area (Å²) in [6.45, 7) is 3.31. The SMILES string of the molecule is CCC1(C(N)C2CCOC3(CCCC3)C2)CCCC1. The Hall–Kier alpha value is -0.0800. The van der Waals surface area contributed by atoms with Gasteiger partial charge in [0.2, 0.25) is 0 Å². The maximum atomic E-state index is 6.79. The molecule has 2 saturated carbocycles. The topological polar surface area (TPSA) is 35.2 Å². The number of ether oxygens (including phenoxy) is 1. The van der Waals surface area contributed by atoms with Gasteiger partial charge in [0, 0.05) is 12.6 Å². The molecule has 2 N–H and O–H groups in total. The summed E-state index contributed by atoms with van der Waals surface area (Å²) < 4.78 is 6.18. The van der Waals surface area contributed by atoms with E-state index in [1.165, 1.54) is 70.6 Å². The molecule has 3 rings (SSSR count). The minimum absolute atomic E-state index is 0.230. The van der Waals surface area contributed by atoms with Crippen LogP contribution in [-0.2, 0) is 4.74 Å². The molecule has 1 spiro atoms. The maximum Gasteiger partial charge on any atom is 0.0685 e. The van der Waals surface area contributed by atoms with Gasteiger partial charge in [-0.15, -0.1) is 0 Å². The van der Waals surface area contributed by atoms with E-state index in [0.29, 0.717) is 17.4 Å². The average Bonchev–Trinajstić information content (AvgIpc) is 3.08. The molecule has 2 nitrogen and oxygen atoms in total. The lowest BCUT2D eigenvalue weighted by atomic mass is 9.67. The highest BCUT2D eigenvalue weighted by atomic mass is 16.5. The third kappa shape index (κ3) is 2.47. The van der Waals surface area contributed by atoms with Crippen molar-refractivity contribution in [1.82, 2.24) is 0 Å². The summed E-state index contributed by atoms with van der Waals surface area (Å²) in [6.07, 6.45) is 14.6. The average molecular weight is 265 g/mol. The molecule has 2 heteroatoms. The minimum atomic E-state index is 0.230. The van der Waals surface area contributed by atoms with E-state index >= 15 is 0 Å². The van der Waals surface area contributed by atoms with Crippen LogP contribution in [0.5, 0.6) is 0 Å². The van der Waals surface area contributed by atoms with Crippen LogP contribution in [-0.4, -0.2) is 18.2 Å². The molecule has 2 aliphatic carbocycles. The summed E-state index contributed by atoms with van der Waals surface area (Å²) in [5, 5.41) is 0. The van der Waals surface area contributed by atoms with Gasteiger partial charge in [-0.2, -0.15) is 0 Å². The van der Waals surface area contributed by atoms with Crippen molar-refractivity contribution in [2.75, 3.05) is 6.61 Å². The predicted octanol–water partition coefficient (Wildman–Crippen LogP) is 4.02. The van der Waals surface area contributed by atoms with Gasteiger partial charge in [-0.25, -0.2) is 0 Å². The first kappa shape index (κ1) is 13.9. The van der Waals surface area contributed by atoms with Crippen LogP contribution in [0.1, 0.15) is 77.6 Å². The molecule has 0 bridgehead atoms. The van der Waals surface area contributed by atoms with Crippen molar-refractivity contribution >= 4 is 0 Å². The van der Waals surface area contributed by atoms with Crippen LogP contribution >= 0.6 is 0 Å². The van der Waals surface area contributed by atoms with Gasteiger partial charge in [-0.05, 0) is 56.3 Å². The van der Waals surface area contributed by atoms with E-state index < -0.39 is 0 Å². The number of rotatable bonds is 3. The highest BCUT2D eigenvalue weighted by Gasteiger charge is 2.47. The molecule has 3 aliphatic rings. The van der Waals surface area contributed by atoms with Crippen LogP contribution in [0.15, 0.2) is 0 Å². The van der Waals surface area contributed by atoms with E-state index in [4.69, 9.17) is 10.5 Å². The Balaban J connectivity index is 1.70. The minimum Gasteiger partial charge on any atom is -0.375 e. The second kappa shape index (κ2) is 5.37. The summed E-state index contributed by atoms with van der Waals surface area (Å²) in [6, 6.07) is 0.418. The molecule has 0 aromatic rings. The first-order valence-electron chi connectivity index (χ1n) is 8.59. The molecule has 1 aliphatic heterocycles. The third-order valence-corrected chi connectivity index (χ3v) is 6.56. The van der Waals surface area contributed by atoms with E-state index in [0.717, 1.165) is 6.61 Å². The van der Waals surface area contributed by atoms with Crippen LogP contribution < -0.4 is 5.73 Å². The number of nitrogens with two attached hydrogens (primary N) is 1. The molecule has 0 aromatic heterocycles. The van der Waals surface area contributed by atoms with Crippen LogP contribution in [0.4, 0.5) is 0 Å². The Labute approximate surface area is 118 Å². The van der Waals surface area contributed by atoms with Crippen molar-refractivity contribution in [1.29, 1.82) is 0 Å². The monoisotopic (exact) mass is 265 g/mol. The van der Waals surface area contributed by atoms with Crippen LogP contribution in [0.3, 0.4) is 0 Å². The summed E-state index contributed by atoms with van der Waals surface area (Å²) in [4.78, 5) is 0. The summed E-state index contributed by atoms with van der Waals surface area (Å²) in [7, 11) is 0. The number of hydrogen-bond donors (Lipinski definition) is 1. The quantitative estimate of drug-likeness (QED) is 0.836. The van der Waals surface area contributed by atoms with Crippen LogP contribution in [0.25, 0.3) is 0 Å². The van der Waals surface area contributed by atoms with Gasteiger partial charge in [-0.3, -0.25) is 0 Å². The smallest absolute Gasteiger partial charge is 0.0685 e. The Morgan fingerprint density at radius 2 is 1.74 bits per heavy atom. The van der Waals surface area contributed by atoms with Crippen molar-refractivity contribution < 1.29 is 4.74 Å². The molecule has 2 atom stereocenters. The van der Waals surface area contributed by atoms with Crippen LogP contribution in [0, 0.1) is 11.3 Å². The second-order valence-corrected chi connectivity index (χ2v) is 7.44. The van der Waals surface area contributed by atoms with Gasteiger partial charge < -0.3 is 10.5 Å². The largest absolute Gasteiger partial charge is 0.375 e. The van der Waals surface area contributed by atoms with Gasteiger partial charge in [0.15, 0.2) is 0 Å². The second-order valence-electron chi connectivity index (χ2n) is 7.44. The molecule has 1 saturated heterocycles. The van der Waals surface area contributed by atoms with Crippen LogP contribution in [0.2, 0.25) is 0 Å². The first-order chi connectivity index (χ1) is 9.20. The van der Waals surface area contributed by atoms with E-state index in [1.807, 2.05) is 0 Å². The third-order valence-electron chi connectivity index (χ3n) is 6.56. The fraction of sp³-hybridized carbons (Fsp3) is 1.00. The van der Waals surface area contributed by atoms with Gasteiger partial charge in [0.1, 0.15) is 0 Å². The van der Waals surface area contributed by atoms with Gasteiger partial charge in [0.05, 0.1) is 5.60 Å². The summed E-state index contributed by atoms with van der Waals surface area (Å²) >= 11 is 0. The zero-order valence-electron chi connectivity index (χ0n) is 12.6. The molecular weight excluding hydrogens is 234 g/mol. The normalized spacial score (nSPS) is 34.7. The Morgan fingerprint density at radius 3 is 2.37 bits per heavy atom. The van der Waals surface area contributed by atoms with Crippen molar-refractivity contribution in [3.63, 3.8) is 0 Å². The maximum absolute atomic E-state index is 6.79. The zero-order chi connectivity index (χ0) is 13.3. The molecule has 3 fully saturated rings. The molecule has 0 aromatic carbocycles. The van der Waals surface area contributed by atoms with Gasteiger partial charge >= 0.3 is 0 Å². The predicted molar refractivity (Wildman–Crippen MR) is 79.0 cm³/mol. The highest BCUT2D eigenvalue weighted by Crippen LogP contribution is 2.50. The zero-order valence-corrected chi connectivity index (χ0v) is 12.6. The van der Waals surface area contributed by atoms with Crippen molar-refractivity contribution in [2.45, 2.75) is 89.2 Å². The lowest BCUT2D eigenvalue weighted by Crippen LogP contribution is -2.50. The molecule has 110 valence electrons. The van der Waals surface area contributed by atoms with Gasteiger partial charge in [-0.1, -0.05) is 32.6 Å². The van der Waals surface area contributed by atoms with E-state index in [1.54, 1.807) is 0 Å². The van der Waals surface area contributed by atoms with E-state index in [2.05, 4.69) is 6.92 Å². The van der Waals surface area contributed by atoms with E-state index in [-0.39, 0.29) is 5.60 Å². The van der Waals surface area contributed by atoms with Gasteiger partial charge in [0.25, 0.3) is 0 Å². The summed E-state index contributed by atoms with van der Waals surface area (Å²) in [5.41, 5.74) is 7.48. The molecular formula is C17H31NO. The Bertz CT molecular complexity index is 302. The summed E-state index contributed by atoms with van der Waals surface area (Å²) in [5.74, 6) is 0.713. The Kier molecular flexibility index (Phi) is 3.92. The van der Waals surface area contributed by atoms with Crippen molar-refractivity contribution in [3.8, 4) is 0 Å². The van der Waals surface area contributed by atoms with E-state index in [9.17, 15) is 0 Å². The number of hydrogen-bond acceptors (Lipinski definition) is 2. The molecule has 19 heavy (non-hydrogen) atoms. The Morgan fingerprint density at radius 1 is 1.11 bits per heavy atom. The first-order valence-corrected chi connectivity index (χ1v) is 8.59. The molecule has 0 radical (unpaired) electrons. The lowest BCUT2D eigenvalue weighted by Gasteiger charge is -2.46. The fourth-order valence-corrected chi connectivity index (χ4v) is 5.24. The molecule has 2 unspecified atom stereocenters.